The van der Waals surface area contributed by atoms with Gasteiger partial charge in [-0.15, -0.1) is 0 Å². The van der Waals surface area contributed by atoms with Crippen molar-refractivity contribution in [2.24, 2.45) is 0 Å². The van der Waals surface area contributed by atoms with Crippen LogP contribution in [0.3, 0.4) is 0 Å². The molecule has 3 aromatic carbocycles. The molecule has 168 valence electrons. The summed E-state index contributed by atoms with van der Waals surface area (Å²) >= 11 is 0. The lowest BCUT2D eigenvalue weighted by molar-refractivity contribution is -0.139. The molecule has 3 aromatic rings. The topological polar surface area (TPSA) is 63.7 Å². The Morgan fingerprint density at radius 2 is 1.72 bits per heavy atom. The molecule has 0 unspecified atom stereocenters. The average Bonchev–Trinajstić information content (AvgIpc) is 2.80. The van der Waals surface area contributed by atoms with Gasteiger partial charge in [0.2, 0.25) is 10.0 Å². The minimum atomic E-state index is -3.54. The molecule has 32 heavy (non-hydrogen) atoms. The molecular weight excluding hydrogens is 429 g/mol. The molecule has 1 saturated heterocycles. The number of rotatable bonds is 5. The number of methoxy groups -OCH3 is 1. The highest BCUT2D eigenvalue weighted by Gasteiger charge is 2.26. The largest absolute Gasteiger partial charge is 0.469 e. The highest BCUT2D eigenvalue weighted by atomic mass is 32.2. The normalized spacial score (nSPS) is 15.1. The summed E-state index contributed by atoms with van der Waals surface area (Å²) in [5, 5.41) is 1.51. The lowest BCUT2D eigenvalue weighted by Gasteiger charge is -2.26. The third-order valence-electron chi connectivity index (χ3n) is 6.13. The lowest BCUT2D eigenvalue weighted by atomic mass is 9.89. The van der Waals surface area contributed by atoms with Gasteiger partial charge in [0.25, 0.3) is 0 Å². The minimum Gasteiger partial charge on any atom is -0.469 e. The number of benzene rings is 3. The van der Waals surface area contributed by atoms with Crippen molar-refractivity contribution in [2.45, 2.75) is 37.5 Å². The van der Waals surface area contributed by atoms with Gasteiger partial charge in [0.15, 0.2) is 0 Å². The molecule has 0 amide bonds. The van der Waals surface area contributed by atoms with Gasteiger partial charge in [0.1, 0.15) is 5.82 Å². The number of piperidine rings is 1. The highest BCUT2D eigenvalue weighted by molar-refractivity contribution is 7.89. The van der Waals surface area contributed by atoms with Crippen molar-refractivity contribution >= 4 is 26.8 Å². The molecular formula is C25H26FNO4S. The summed E-state index contributed by atoms with van der Waals surface area (Å²) in [7, 11) is -2.19. The van der Waals surface area contributed by atoms with Crippen LogP contribution in [0.1, 0.15) is 30.4 Å². The molecule has 0 bridgehead atoms. The van der Waals surface area contributed by atoms with Crippen LogP contribution in [0, 0.1) is 12.7 Å². The second kappa shape index (κ2) is 9.00. The van der Waals surface area contributed by atoms with E-state index in [2.05, 4.69) is 0 Å². The van der Waals surface area contributed by atoms with Gasteiger partial charge >= 0.3 is 5.97 Å². The van der Waals surface area contributed by atoms with E-state index < -0.39 is 10.0 Å². The summed E-state index contributed by atoms with van der Waals surface area (Å²) in [5.74, 6) is -0.716. The maximum Gasteiger partial charge on any atom is 0.309 e. The molecule has 7 heteroatoms. The Morgan fingerprint density at radius 3 is 2.38 bits per heavy atom. The number of hydrogen-bond donors (Lipinski definition) is 0. The predicted molar refractivity (Wildman–Crippen MR) is 122 cm³/mol. The van der Waals surface area contributed by atoms with Gasteiger partial charge in [-0.25, -0.2) is 12.8 Å². The van der Waals surface area contributed by atoms with Crippen LogP contribution in [0.15, 0.2) is 53.4 Å². The lowest BCUT2D eigenvalue weighted by Crippen LogP contribution is -2.35. The second-order valence-electron chi connectivity index (χ2n) is 8.14. The van der Waals surface area contributed by atoms with Crippen LogP contribution < -0.4 is 0 Å². The number of nitrogens with zero attached hydrogens (tertiary/aromatic N) is 1. The fourth-order valence-electron chi connectivity index (χ4n) is 4.36. The Hall–Kier alpha value is -2.77. The van der Waals surface area contributed by atoms with E-state index in [4.69, 9.17) is 4.74 Å². The third-order valence-corrected chi connectivity index (χ3v) is 8.04. The van der Waals surface area contributed by atoms with E-state index in [1.165, 1.54) is 19.2 Å². The van der Waals surface area contributed by atoms with E-state index in [0.717, 1.165) is 46.9 Å². The number of sulfonamides is 1. The van der Waals surface area contributed by atoms with Crippen LogP contribution >= 0.6 is 0 Å². The van der Waals surface area contributed by atoms with Gasteiger partial charge in [-0.2, -0.15) is 4.31 Å². The van der Waals surface area contributed by atoms with Crippen molar-refractivity contribution in [1.82, 2.24) is 4.31 Å². The van der Waals surface area contributed by atoms with Gasteiger partial charge in [-0.1, -0.05) is 30.7 Å². The molecule has 0 radical (unpaired) electrons. The summed E-state index contributed by atoms with van der Waals surface area (Å²) in [6.45, 7) is 2.97. The van der Waals surface area contributed by atoms with Crippen molar-refractivity contribution in [3.8, 4) is 11.1 Å². The Balaban J connectivity index is 1.81. The zero-order valence-electron chi connectivity index (χ0n) is 18.2. The van der Waals surface area contributed by atoms with Crippen molar-refractivity contribution in [3.63, 3.8) is 0 Å². The molecule has 0 saturated carbocycles. The zero-order valence-corrected chi connectivity index (χ0v) is 19.0. The van der Waals surface area contributed by atoms with E-state index in [-0.39, 0.29) is 23.1 Å². The van der Waals surface area contributed by atoms with Gasteiger partial charge in [-0.05, 0) is 77.1 Å². The molecule has 4 rings (SSSR count). The first-order valence-electron chi connectivity index (χ1n) is 10.7. The quantitative estimate of drug-likeness (QED) is 0.516. The summed E-state index contributed by atoms with van der Waals surface area (Å²) in [6, 6.07) is 13.1. The smallest absolute Gasteiger partial charge is 0.309 e. The van der Waals surface area contributed by atoms with Gasteiger partial charge in [-0.3, -0.25) is 4.79 Å². The number of hydrogen-bond acceptors (Lipinski definition) is 4. The number of esters is 1. The summed E-state index contributed by atoms with van der Waals surface area (Å²) in [4.78, 5) is 12.2. The van der Waals surface area contributed by atoms with Crippen molar-refractivity contribution in [3.05, 3.63) is 65.5 Å². The number of carbonyl (C=O) groups is 1. The van der Waals surface area contributed by atoms with E-state index in [0.29, 0.717) is 18.5 Å². The molecule has 0 N–H and O–H groups in total. The fraction of sp³-hybridized carbons (Fsp3) is 0.320. The first-order chi connectivity index (χ1) is 15.3. The van der Waals surface area contributed by atoms with Gasteiger partial charge < -0.3 is 4.74 Å². The van der Waals surface area contributed by atoms with Crippen LogP contribution in [0.2, 0.25) is 0 Å². The van der Waals surface area contributed by atoms with Crippen LogP contribution in [-0.4, -0.2) is 38.9 Å². The maximum atomic E-state index is 14.1. The SMILES string of the molecule is COC(=O)Cc1cc2ccc(F)cc2c(-c2ccc(S(=O)(=O)N3CCCCC3)cc2)c1C. The summed E-state index contributed by atoms with van der Waals surface area (Å²) in [5.41, 5.74) is 3.17. The highest BCUT2D eigenvalue weighted by Crippen LogP contribution is 2.36. The van der Waals surface area contributed by atoms with Crippen molar-refractivity contribution < 1.29 is 22.3 Å². The molecule has 0 spiro atoms. The molecule has 5 nitrogen and oxygen atoms in total. The Morgan fingerprint density at radius 1 is 1.03 bits per heavy atom. The minimum absolute atomic E-state index is 0.101. The fourth-order valence-corrected chi connectivity index (χ4v) is 5.88. The molecule has 0 aliphatic carbocycles. The first-order valence-corrected chi connectivity index (χ1v) is 12.1. The van der Waals surface area contributed by atoms with Crippen LogP contribution in [-0.2, 0) is 26.0 Å². The Labute approximate surface area is 187 Å². The van der Waals surface area contributed by atoms with E-state index in [9.17, 15) is 17.6 Å². The molecule has 1 aliphatic heterocycles. The zero-order chi connectivity index (χ0) is 22.9. The molecule has 1 aliphatic rings. The van der Waals surface area contributed by atoms with Crippen molar-refractivity contribution in [2.75, 3.05) is 20.2 Å². The Bertz CT molecular complexity index is 1260. The van der Waals surface area contributed by atoms with Crippen LogP contribution in [0.5, 0.6) is 0 Å². The van der Waals surface area contributed by atoms with E-state index in [1.807, 2.05) is 13.0 Å². The molecule has 1 heterocycles. The summed E-state index contributed by atoms with van der Waals surface area (Å²) in [6.07, 6.45) is 2.90. The van der Waals surface area contributed by atoms with E-state index >= 15 is 0 Å². The number of ether oxygens (including phenoxy) is 1. The number of halogens is 1. The maximum absolute atomic E-state index is 14.1. The van der Waals surface area contributed by atoms with Crippen LogP contribution in [0.25, 0.3) is 21.9 Å². The third kappa shape index (κ3) is 4.27. The van der Waals surface area contributed by atoms with Gasteiger partial charge in [0.05, 0.1) is 18.4 Å². The number of carbonyl (C=O) groups excluding carboxylic acids is 1. The first kappa shape index (κ1) is 22.4. The predicted octanol–water partition coefficient (Wildman–Crippen LogP) is 4.84. The van der Waals surface area contributed by atoms with Crippen LogP contribution in [0.4, 0.5) is 4.39 Å². The molecule has 1 fully saturated rings. The molecule has 0 atom stereocenters. The van der Waals surface area contributed by atoms with Crippen molar-refractivity contribution in [1.29, 1.82) is 0 Å². The average molecular weight is 456 g/mol. The molecule has 0 aromatic heterocycles. The van der Waals surface area contributed by atoms with Gasteiger partial charge in [0, 0.05) is 13.1 Å². The number of fused-ring (bicyclic) bond motifs is 1. The Kier molecular flexibility index (Phi) is 6.31. The summed E-state index contributed by atoms with van der Waals surface area (Å²) < 4.78 is 46.4. The second-order valence-corrected chi connectivity index (χ2v) is 10.1. The standard InChI is InChI=1S/C25H26FNO4S/c1-17-20(15-24(28)31-2)14-19-6-9-21(26)16-23(19)25(17)18-7-10-22(11-8-18)32(29,30)27-12-4-3-5-13-27/h6-11,14,16H,3-5,12-13,15H2,1-2H3. The monoisotopic (exact) mass is 455 g/mol. The van der Waals surface area contributed by atoms with E-state index in [1.54, 1.807) is 34.6 Å².